The first kappa shape index (κ1) is 20.7. The number of hydrogen-bond donors (Lipinski definition) is 0. The number of benzene rings is 1. The fourth-order valence-electron chi connectivity index (χ4n) is 2.82. The fourth-order valence-corrected chi connectivity index (χ4v) is 2.99. The summed E-state index contributed by atoms with van der Waals surface area (Å²) in [6.07, 6.45) is -0.866. The molecule has 2 heterocycles. The molecule has 11 heteroatoms. The van der Waals surface area contributed by atoms with Crippen LogP contribution < -0.4 is 14.5 Å². The lowest BCUT2D eigenvalue weighted by Gasteiger charge is -2.25. The summed E-state index contributed by atoms with van der Waals surface area (Å²) in [5.74, 6) is -1.51. The second-order valence-electron chi connectivity index (χ2n) is 6.14. The molecular formula is C18H15ClF3N3O4. The zero-order chi connectivity index (χ0) is 21.3. The van der Waals surface area contributed by atoms with Crippen molar-refractivity contribution < 1.29 is 32.2 Å². The second kappa shape index (κ2) is 8.16. The molecule has 2 aromatic rings. The van der Waals surface area contributed by atoms with Gasteiger partial charge in [0.05, 0.1) is 5.02 Å². The number of halogens is 4. The highest BCUT2D eigenvalue weighted by Crippen LogP contribution is 2.29. The maximum Gasteiger partial charge on any atom is 0.416 e. The third-order valence-electron chi connectivity index (χ3n) is 4.16. The van der Waals surface area contributed by atoms with Crippen LogP contribution in [0.1, 0.15) is 5.69 Å². The molecule has 0 unspecified atom stereocenters. The van der Waals surface area contributed by atoms with E-state index in [2.05, 4.69) is 9.72 Å². The molecule has 1 aromatic heterocycles. The van der Waals surface area contributed by atoms with Gasteiger partial charge in [-0.05, 0) is 25.1 Å². The Bertz CT molecular complexity index is 960. The SMILES string of the molecule is Cc1cc(OC(F)F)cc(N2C(=O)OC[C@H]2C(=O)N(C)c2ccc(F)c(Cl)c2)n1. The highest BCUT2D eigenvalue weighted by Gasteiger charge is 2.42. The summed E-state index contributed by atoms with van der Waals surface area (Å²) in [4.78, 5) is 31.4. The third kappa shape index (κ3) is 4.37. The lowest BCUT2D eigenvalue weighted by Crippen LogP contribution is -2.47. The Morgan fingerprint density at radius 1 is 1.38 bits per heavy atom. The average Bonchev–Trinajstić information content (AvgIpc) is 3.03. The summed E-state index contributed by atoms with van der Waals surface area (Å²) in [7, 11) is 1.42. The summed E-state index contributed by atoms with van der Waals surface area (Å²) in [5, 5.41) is -0.174. The first-order valence-electron chi connectivity index (χ1n) is 8.29. The van der Waals surface area contributed by atoms with E-state index in [-0.39, 0.29) is 23.2 Å². The minimum Gasteiger partial charge on any atom is -0.446 e. The molecule has 0 bridgehead atoms. The molecule has 1 aromatic carbocycles. The Kier molecular flexibility index (Phi) is 5.83. The Morgan fingerprint density at radius 3 is 2.76 bits per heavy atom. The van der Waals surface area contributed by atoms with E-state index >= 15 is 0 Å². The maximum absolute atomic E-state index is 13.4. The van der Waals surface area contributed by atoms with E-state index in [4.69, 9.17) is 16.3 Å². The molecular weight excluding hydrogens is 415 g/mol. The number of nitrogens with zero attached hydrogens (tertiary/aromatic N) is 3. The van der Waals surface area contributed by atoms with Crippen molar-refractivity contribution in [3.05, 3.63) is 46.9 Å². The third-order valence-corrected chi connectivity index (χ3v) is 4.45. The monoisotopic (exact) mass is 429 g/mol. The molecule has 0 spiro atoms. The van der Waals surface area contributed by atoms with Crippen LogP contribution in [0.15, 0.2) is 30.3 Å². The second-order valence-corrected chi connectivity index (χ2v) is 6.55. The molecule has 0 N–H and O–H groups in total. The lowest BCUT2D eigenvalue weighted by molar-refractivity contribution is -0.119. The predicted molar refractivity (Wildman–Crippen MR) is 98.0 cm³/mol. The Balaban J connectivity index is 1.91. The van der Waals surface area contributed by atoms with Gasteiger partial charge in [-0.25, -0.2) is 19.1 Å². The molecule has 2 amide bonds. The zero-order valence-corrected chi connectivity index (χ0v) is 16.0. The highest BCUT2D eigenvalue weighted by molar-refractivity contribution is 6.31. The van der Waals surface area contributed by atoms with Crippen molar-refractivity contribution in [3.8, 4) is 5.75 Å². The first-order valence-corrected chi connectivity index (χ1v) is 8.67. The van der Waals surface area contributed by atoms with Crippen LogP contribution in [0.5, 0.6) is 5.75 Å². The number of pyridine rings is 1. The van der Waals surface area contributed by atoms with Gasteiger partial charge < -0.3 is 14.4 Å². The molecule has 29 heavy (non-hydrogen) atoms. The number of amides is 2. The van der Waals surface area contributed by atoms with Gasteiger partial charge in [-0.1, -0.05) is 11.6 Å². The minimum absolute atomic E-state index is 0.0768. The van der Waals surface area contributed by atoms with E-state index in [0.717, 1.165) is 17.0 Å². The van der Waals surface area contributed by atoms with E-state index in [1.165, 1.54) is 37.1 Å². The van der Waals surface area contributed by atoms with Gasteiger partial charge >= 0.3 is 12.7 Å². The quantitative estimate of drug-likeness (QED) is 0.723. The van der Waals surface area contributed by atoms with Crippen molar-refractivity contribution >= 4 is 35.1 Å². The van der Waals surface area contributed by atoms with Gasteiger partial charge in [0.1, 0.15) is 24.0 Å². The van der Waals surface area contributed by atoms with Crippen LogP contribution in [0.2, 0.25) is 5.02 Å². The molecule has 1 saturated heterocycles. The van der Waals surface area contributed by atoms with Crippen molar-refractivity contribution in [2.75, 3.05) is 23.5 Å². The number of carbonyl (C=O) groups is 2. The average molecular weight is 430 g/mol. The summed E-state index contributed by atoms with van der Waals surface area (Å²) in [6.45, 7) is -1.83. The van der Waals surface area contributed by atoms with E-state index < -0.39 is 30.5 Å². The van der Waals surface area contributed by atoms with Crippen LogP contribution in [-0.4, -0.2) is 43.3 Å². The van der Waals surface area contributed by atoms with E-state index in [1.54, 1.807) is 0 Å². The topological polar surface area (TPSA) is 72.0 Å². The van der Waals surface area contributed by atoms with E-state index in [1.807, 2.05) is 0 Å². The number of aromatic nitrogens is 1. The van der Waals surface area contributed by atoms with Crippen LogP contribution in [0.25, 0.3) is 0 Å². The molecule has 1 atom stereocenters. The number of hydrogen-bond acceptors (Lipinski definition) is 5. The Hall–Kier alpha value is -3.01. The molecule has 0 saturated carbocycles. The van der Waals surface area contributed by atoms with Gasteiger partial charge in [0.25, 0.3) is 5.91 Å². The molecule has 0 radical (unpaired) electrons. The molecule has 7 nitrogen and oxygen atoms in total. The van der Waals surface area contributed by atoms with Crippen molar-refractivity contribution in [2.24, 2.45) is 0 Å². The number of likely N-dealkylation sites (N-methyl/N-ethyl adjacent to an activating group) is 1. The number of ether oxygens (including phenoxy) is 2. The smallest absolute Gasteiger partial charge is 0.416 e. The Morgan fingerprint density at radius 2 is 2.10 bits per heavy atom. The summed E-state index contributed by atoms with van der Waals surface area (Å²) in [6, 6.07) is 4.97. The number of cyclic esters (lactones) is 1. The van der Waals surface area contributed by atoms with E-state index in [9.17, 15) is 22.8 Å². The summed E-state index contributed by atoms with van der Waals surface area (Å²) in [5.41, 5.74) is 0.586. The molecule has 3 rings (SSSR count). The van der Waals surface area contributed by atoms with Gasteiger partial charge in [0.2, 0.25) is 0 Å². The largest absolute Gasteiger partial charge is 0.446 e. The number of carbonyl (C=O) groups excluding carboxylic acids is 2. The maximum atomic E-state index is 13.4. The lowest BCUT2D eigenvalue weighted by atomic mass is 10.2. The van der Waals surface area contributed by atoms with Gasteiger partial charge in [-0.2, -0.15) is 8.78 Å². The molecule has 1 aliphatic rings. The normalized spacial score (nSPS) is 16.2. The molecule has 0 aliphatic carbocycles. The van der Waals surface area contributed by atoms with Crippen molar-refractivity contribution in [2.45, 2.75) is 19.6 Å². The number of alkyl halides is 2. The van der Waals surface area contributed by atoms with Crippen LogP contribution in [-0.2, 0) is 9.53 Å². The first-order chi connectivity index (χ1) is 13.7. The minimum atomic E-state index is -3.07. The van der Waals surface area contributed by atoms with Crippen LogP contribution in [0.3, 0.4) is 0 Å². The number of anilines is 2. The van der Waals surface area contributed by atoms with Crippen LogP contribution >= 0.6 is 11.6 Å². The number of rotatable bonds is 5. The van der Waals surface area contributed by atoms with E-state index in [0.29, 0.717) is 11.4 Å². The fraction of sp³-hybridized carbons (Fsp3) is 0.278. The van der Waals surface area contributed by atoms with Gasteiger partial charge in [0, 0.05) is 30.6 Å². The highest BCUT2D eigenvalue weighted by atomic mass is 35.5. The van der Waals surface area contributed by atoms with Gasteiger partial charge in [-0.3, -0.25) is 4.79 Å². The van der Waals surface area contributed by atoms with Crippen molar-refractivity contribution in [3.63, 3.8) is 0 Å². The molecule has 154 valence electrons. The molecule has 1 fully saturated rings. The van der Waals surface area contributed by atoms with Crippen molar-refractivity contribution in [1.82, 2.24) is 4.98 Å². The predicted octanol–water partition coefficient (Wildman–Crippen LogP) is 3.77. The number of aryl methyl sites for hydroxylation is 1. The standard InChI is InChI=1S/C18H15ClF3N3O4/c1-9-5-11(29-17(21)22)7-15(23-9)25-14(8-28-18(25)27)16(26)24(2)10-3-4-13(20)12(19)6-10/h3-7,14,17H,8H2,1-2H3/t14-/m0/s1. The van der Waals surface area contributed by atoms with Crippen LogP contribution in [0.4, 0.5) is 29.5 Å². The van der Waals surface area contributed by atoms with Crippen molar-refractivity contribution in [1.29, 1.82) is 0 Å². The zero-order valence-electron chi connectivity index (χ0n) is 15.2. The Labute approximate surface area is 168 Å². The van der Waals surface area contributed by atoms with Crippen LogP contribution in [0, 0.1) is 12.7 Å². The summed E-state index contributed by atoms with van der Waals surface area (Å²) < 4.78 is 47.8. The van der Waals surface area contributed by atoms with Gasteiger partial charge in [0.15, 0.2) is 6.04 Å². The van der Waals surface area contributed by atoms with Gasteiger partial charge in [-0.15, -0.1) is 0 Å². The molecule has 1 aliphatic heterocycles. The summed E-state index contributed by atoms with van der Waals surface area (Å²) >= 11 is 5.76.